The van der Waals surface area contributed by atoms with Crippen LogP contribution in [0, 0.1) is 0 Å². The van der Waals surface area contributed by atoms with E-state index in [0.29, 0.717) is 18.8 Å². The fourth-order valence-corrected chi connectivity index (χ4v) is 1.99. The van der Waals surface area contributed by atoms with Gasteiger partial charge in [0, 0.05) is 25.8 Å². The Kier molecular flexibility index (Phi) is 3.73. The van der Waals surface area contributed by atoms with Crippen LogP contribution in [0.25, 0.3) is 0 Å². The summed E-state index contributed by atoms with van der Waals surface area (Å²) in [5, 5.41) is 0. The first-order chi connectivity index (χ1) is 9.15. The molecule has 1 fully saturated rings. The molecule has 6 nitrogen and oxygen atoms in total. The van der Waals surface area contributed by atoms with E-state index in [1.165, 1.54) is 15.9 Å². The van der Waals surface area contributed by atoms with Crippen molar-refractivity contribution in [1.82, 2.24) is 4.90 Å². The van der Waals surface area contributed by atoms with E-state index in [1.807, 2.05) is 0 Å². The highest BCUT2D eigenvalue weighted by molar-refractivity contribution is 6.41. The third kappa shape index (κ3) is 2.53. The predicted octanol–water partition coefficient (Wildman–Crippen LogP) is 0.327. The second kappa shape index (κ2) is 5.46. The van der Waals surface area contributed by atoms with Crippen LogP contribution in [0.2, 0.25) is 0 Å². The molecule has 1 aromatic carbocycles. The summed E-state index contributed by atoms with van der Waals surface area (Å²) in [4.78, 5) is 40.2. The van der Waals surface area contributed by atoms with E-state index in [4.69, 9.17) is 0 Å². The average Bonchev–Trinajstić information content (AvgIpc) is 2.43. The third-order valence-electron chi connectivity index (χ3n) is 3.03. The van der Waals surface area contributed by atoms with Crippen LogP contribution in [-0.4, -0.2) is 42.9 Å². The molecule has 0 N–H and O–H groups in total. The molecule has 1 aromatic rings. The highest BCUT2D eigenvalue weighted by atomic mass is 16.2. The number of amides is 2. The summed E-state index contributed by atoms with van der Waals surface area (Å²) in [6.45, 7) is 1.06. The van der Waals surface area contributed by atoms with Gasteiger partial charge in [0.15, 0.2) is 0 Å². The number of anilines is 1. The van der Waals surface area contributed by atoms with Crippen molar-refractivity contribution in [3.05, 3.63) is 29.8 Å². The van der Waals surface area contributed by atoms with Crippen LogP contribution in [0.15, 0.2) is 29.3 Å². The number of para-hydroxylation sites is 1. The molecule has 2 amide bonds. The fourth-order valence-electron chi connectivity index (χ4n) is 1.99. The van der Waals surface area contributed by atoms with Crippen LogP contribution in [0.3, 0.4) is 0 Å². The third-order valence-corrected chi connectivity index (χ3v) is 3.03. The van der Waals surface area contributed by atoms with Gasteiger partial charge in [-0.1, -0.05) is 18.2 Å². The van der Waals surface area contributed by atoms with E-state index in [9.17, 15) is 14.4 Å². The summed E-state index contributed by atoms with van der Waals surface area (Å²) in [6, 6.07) is 7.08. The van der Waals surface area contributed by atoms with Crippen molar-refractivity contribution in [2.24, 2.45) is 4.99 Å². The van der Waals surface area contributed by atoms with Gasteiger partial charge in [0.05, 0.1) is 6.54 Å². The zero-order chi connectivity index (χ0) is 13.8. The number of benzene rings is 1. The molecule has 6 heteroatoms. The Morgan fingerprint density at radius 3 is 2.68 bits per heavy atom. The van der Waals surface area contributed by atoms with E-state index >= 15 is 0 Å². The largest absolute Gasteiger partial charge is 0.336 e. The molecule has 0 saturated carbocycles. The van der Waals surface area contributed by atoms with Gasteiger partial charge in [-0.3, -0.25) is 9.59 Å². The SMILES string of the molecule is CN1CCN(c2ccccc2CN=C=O)C(=O)C1=O. The summed E-state index contributed by atoms with van der Waals surface area (Å²) in [5.41, 5.74) is 1.34. The van der Waals surface area contributed by atoms with Crippen LogP contribution in [0.5, 0.6) is 0 Å². The van der Waals surface area contributed by atoms with Crippen LogP contribution < -0.4 is 4.90 Å². The maximum atomic E-state index is 12.0. The Labute approximate surface area is 110 Å². The van der Waals surface area contributed by atoms with E-state index in [0.717, 1.165) is 5.56 Å². The molecule has 1 saturated heterocycles. The van der Waals surface area contributed by atoms with Gasteiger partial charge in [-0.2, -0.15) is 0 Å². The lowest BCUT2D eigenvalue weighted by molar-refractivity contribution is -0.145. The molecule has 0 unspecified atom stereocenters. The average molecular weight is 259 g/mol. The van der Waals surface area contributed by atoms with Gasteiger partial charge in [0.1, 0.15) is 0 Å². The summed E-state index contributed by atoms with van der Waals surface area (Å²) in [7, 11) is 1.60. The van der Waals surface area contributed by atoms with Gasteiger partial charge >= 0.3 is 11.8 Å². The molecule has 98 valence electrons. The highest BCUT2D eigenvalue weighted by Gasteiger charge is 2.31. The Bertz CT molecular complexity index is 564. The normalized spacial score (nSPS) is 15.4. The Morgan fingerprint density at radius 1 is 1.21 bits per heavy atom. The zero-order valence-corrected chi connectivity index (χ0v) is 10.5. The minimum absolute atomic E-state index is 0.146. The number of likely N-dealkylation sites (N-methyl/N-ethyl adjacent to an activating group) is 1. The van der Waals surface area contributed by atoms with Crippen molar-refractivity contribution in [3.63, 3.8) is 0 Å². The van der Waals surface area contributed by atoms with E-state index in [1.54, 1.807) is 31.3 Å². The minimum atomic E-state index is -0.559. The second-order valence-corrected chi connectivity index (χ2v) is 4.22. The predicted molar refractivity (Wildman–Crippen MR) is 68.3 cm³/mol. The number of rotatable bonds is 3. The molecule has 2 rings (SSSR count). The number of nitrogens with zero attached hydrogens (tertiary/aromatic N) is 3. The molecule has 1 heterocycles. The molecular formula is C13H13N3O3. The lowest BCUT2D eigenvalue weighted by atomic mass is 10.1. The van der Waals surface area contributed by atoms with Crippen LogP contribution in [0.1, 0.15) is 5.56 Å². The summed E-state index contributed by atoms with van der Waals surface area (Å²) in [6.07, 6.45) is 1.47. The molecule has 1 aliphatic heterocycles. The standard InChI is InChI=1S/C13H13N3O3/c1-15-6-7-16(13(19)12(15)18)11-5-3-2-4-10(11)8-14-9-17/h2-5H,6-8H2,1H3. The van der Waals surface area contributed by atoms with Gasteiger partial charge in [0.25, 0.3) is 0 Å². The van der Waals surface area contributed by atoms with Crippen molar-refractivity contribution in [1.29, 1.82) is 0 Å². The number of carbonyl (C=O) groups is 2. The van der Waals surface area contributed by atoms with Crippen molar-refractivity contribution < 1.29 is 14.4 Å². The van der Waals surface area contributed by atoms with E-state index < -0.39 is 11.8 Å². The van der Waals surface area contributed by atoms with Gasteiger partial charge in [-0.15, -0.1) is 0 Å². The number of hydrogen-bond donors (Lipinski definition) is 0. The first-order valence-corrected chi connectivity index (χ1v) is 5.83. The van der Waals surface area contributed by atoms with Crippen LogP contribution in [-0.2, 0) is 20.9 Å². The molecule has 1 aliphatic rings. The number of piperazine rings is 1. The van der Waals surface area contributed by atoms with Gasteiger partial charge < -0.3 is 9.80 Å². The van der Waals surface area contributed by atoms with Crippen LogP contribution >= 0.6 is 0 Å². The molecule has 0 radical (unpaired) electrons. The van der Waals surface area contributed by atoms with Gasteiger partial charge in [-0.05, 0) is 11.6 Å². The molecule has 19 heavy (non-hydrogen) atoms. The van der Waals surface area contributed by atoms with Gasteiger partial charge in [0.2, 0.25) is 6.08 Å². The maximum absolute atomic E-state index is 12.0. The van der Waals surface area contributed by atoms with Crippen molar-refractivity contribution in [2.75, 3.05) is 25.0 Å². The quantitative estimate of drug-likeness (QED) is 0.446. The topological polar surface area (TPSA) is 70.0 Å². The summed E-state index contributed by atoms with van der Waals surface area (Å²) < 4.78 is 0. The fraction of sp³-hybridized carbons (Fsp3) is 0.308. The lowest BCUT2D eigenvalue weighted by Crippen LogP contribution is -2.53. The molecule has 0 aliphatic carbocycles. The van der Waals surface area contributed by atoms with Gasteiger partial charge in [-0.25, -0.2) is 9.79 Å². The molecule has 0 aromatic heterocycles. The first kappa shape index (κ1) is 13.0. The van der Waals surface area contributed by atoms with E-state index in [-0.39, 0.29) is 6.54 Å². The Hall–Kier alpha value is -2.46. The summed E-state index contributed by atoms with van der Waals surface area (Å²) in [5.74, 6) is -1.09. The van der Waals surface area contributed by atoms with E-state index in [2.05, 4.69) is 4.99 Å². The molecule has 0 atom stereocenters. The van der Waals surface area contributed by atoms with Crippen molar-refractivity contribution in [2.45, 2.75) is 6.54 Å². The van der Waals surface area contributed by atoms with Crippen LogP contribution in [0.4, 0.5) is 5.69 Å². The minimum Gasteiger partial charge on any atom is -0.336 e. The second-order valence-electron chi connectivity index (χ2n) is 4.22. The summed E-state index contributed by atoms with van der Waals surface area (Å²) >= 11 is 0. The first-order valence-electron chi connectivity index (χ1n) is 5.83. The number of carbonyl (C=O) groups excluding carboxylic acids is 3. The number of hydrogen-bond acceptors (Lipinski definition) is 4. The maximum Gasteiger partial charge on any atom is 0.316 e. The number of aliphatic imine (C=N–C) groups is 1. The zero-order valence-electron chi connectivity index (χ0n) is 10.5. The molecule has 0 bridgehead atoms. The van der Waals surface area contributed by atoms with Crippen molar-refractivity contribution >= 4 is 23.6 Å². The van der Waals surface area contributed by atoms with Crippen molar-refractivity contribution in [3.8, 4) is 0 Å². The molecular weight excluding hydrogens is 246 g/mol. The smallest absolute Gasteiger partial charge is 0.316 e. The highest BCUT2D eigenvalue weighted by Crippen LogP contribution is 2.23. The molecule has 0 spiro atoms. The lowest BCUT2D eigenvalue weighted by Gasteiger charge is -2.32. The Morgan fingerprint density at radius 2 is 1.95 bits per heavy atom. The number of isocyanates is 1. The Balaban J connectivity index is 2.33. The monoisotopic (exact) mass is 259 g/mol.